The van der Waals surface area contributed by atoms with Crippen molar-refractivity contribution in [3.05, 3.63) is 23.8 Å². The molecule has 2 rings (SSSR count). The Balaban J connectivity index is 2.56. The van der Waals surface area contributed by atoms with Gasteiger partial charge in [0.15, 0.2) is 9.84 Å². The number of hydrogen-bond donors (Lipinski definition) is 1. The van der Waals surface area contributed by atoms with E-state index in [2.05, 4.69) is 0 Å². The van der Waals surface area contributed by atoms with Crippen LogP contribution in [0.1, 0.15) is 12.0 Å². The topological polar surface area (TPSA) is 57.6 Å². The van der Waals surface area contributed by atoms with Gasteiger partial charge in [-0.25, -0.2) is 8.42 Å². The largest absolute Gasteiger partial charge is 0.393 e. The SMILES string of the molecule is CN(C)c1ccc2c(c1)CC(O)CCS2(=O)=O. The number of aliphatic hydroxyl groups is 1. The number of sulfone groups is 1. The second kappa shape index (κ2) is 4.31. The van der Waals surface area contributed by atoms with Crippen LogP contribution in [0.15, 0.2) is 23.1 Å². The third-order valence-corrected chi connectivity index (χ3v) is 4.91. The maximum Gasteiger partial charge on any atom is 0.178 e. The van der Waals surface area contributed by atoms with Gasteiger partial charge in [0.1, 0.15) is 0 Å². The Morgan fingerprint density at radius 3 is 2.71 bits per heavy atom. The molecule has 0 bridgehead atoms. The van der Waals surface area contributed by atoms with E-state index >= 15 is 0 Å². The van der Waals surface area contributed by atoms with Gasteiger partial charge in [0, 0.05) is 19.8 Å². The lowest BCUT2D eigenvalue weighted by molar-refractivity contribution is 0.172. The molecule has 1 atom stereocenters. The van der Waals surface area contributed by atoms with Gasteiger partial charge in [0.25, 0.3) is 0 Å². The van der Waals surface area contributed by atoms with Crippen LogP contribution in [0, 0.1) is 0 Å². The number of rotatable bonds is 1. The zero-order valence-electron chi connectivity index (χ0n) is 10.0. The van der Waals surface area contributed by atoms with Crippen LogP contribution in [0.5, 0.6) is 0 Å². The van der Waals surface area contributed by atoms with Gasteiger partial charge in [-0.15, -0.1) is 0 Å². The maximum absolute atomic E-state index is 12.0. The van der Waals surface area contributed by atoms with Gasteiger partial charge in [-0.3, -0.25) is 0 Å². The molecule has 1 unspecified atom stereocenters. The molecule has 1 aliphatic heterocycles. The van der Waals surface area contributed by atoms with Gasteiger partial charge in [0.2, 0.25) is 0 Å². The van der Waals surface area contributed by atoms with Crippen molar-refractivity contribution in [1.82, 2.24) is 0 Å². The van der Waals surface area contributed by atoms with Crippen LogP contribution < -0.4 is 4.90 Å². The summed E-state index contributed by atoms with van der Waals surface area (Å²) in [6.07, 6.45) is 0.160. The van der Waals surface area contributed by atoms with E-state index in [0.717, 1.165) is 11.3 Å². The molecule has 4 nitrogen and oxygen atoms in total. The second-order valence-corrected chi connectivity index (χ2v) is 6.73. The number of hydrogen-bond acceptors (Lipinski definition) is 4. The molecule has 0 radical (unpaired) electrons. The Labute approximate surface area is 102 Å². The highest BCUT2D eigenvalue weighted by atomic mass is 32.2. The minimum atomic E-state index is -3.23. The Morgan fingerprint density at radius 1 is 1.35 bits per heavy atom. The third kappa shape index (κ3) is 2.45. The van der Waals surface area contributed by atoms with Gasteiger partial charge < -0.3 is 10.0 Å². The van der Waals surface area contributed by atoms with Crippen molar-refractivity contribution in [3.63, 3.8) is 0 Å². The molecule has 0 amide bonds. The van der Waals surface area contributed by atoms with Crippen LogP contribution in [0.3, 0.4) is 0 Å². The number of fused-ring (bicyclic) bond motifs is 1. The predicted molar refractivity (Wildman–Crippen MR) is 67.1 cm³/mol. The quantitative estimate of drug-likeness (QED) is 0.807. The fraction of sp³-hybridized carbons (Fsp3) is 0.500. The van der Waals surface area contributed by atoms with Gasteiger partial charge in [-0.2, -0.15) is 0 Å². The van der Waals surface area contributed by atoms with Crippen LogP contribution in [0.4, 0.5) is 5.69 Å². The summed E-state index contributed by atoms with van der Waals surface area (Å²) in [5, 5.41) is 9.72. The third-order valence-electron chi connectivity index (χ3n) is 3.07. The number of benzene rings is 1. The normalized spacial score (nSPS) is 22.6. The first-order valence-corrected chi connectivity index (χ1v) is 7.26. The molecule has 17 heavy (non-hydrogen) atoms. The minimum absolute atomic E-state index is 0.0302. The average Bonchev–Trinajstić information content (AvgIpc) is 2.36. The summed E-state index contributed by atoms with van der Waals surface area (Å²) >= 11 is 0. The van der Waals surface area contributed by atoms with Crippen molar-refractivity contribution in [3.8, 4) is 0 Å². The minimum Gasteiger partial charge on any atom is -0.393 e. The summed E-state index contributed by atoms with van der Waals surface area (Å²) in [5.74, 6) is 0.0302. The summed E-state index contributed by atoms with van der Waals surface area (Å²) in [7, 11) is 0.580. The Kier molecular flexibility index (Phi) is 3.14. The molecule has 5 heteroatoms. The molecule has 1 aliphatic rings. The fourth-order valence-corrected chi connectivity index (χ4v) is 3.68. The number of anilines is 1. The first kappa shape index (κ1) is 12.4. The van der Waals surface area contributed by atoms with Crippen LogP contribution in [-0.4, -0.2) is 39.5 Å². The first-order valence-electron chi connectivity index (χ1n) is 5.61. The number of aliphatic hydroxyl groups excluding tert-OH is 1. The van der Waals surface area contributed by atoms with Gasteiger partial charge in [0.05, 0.1) is 16.8 Å². The molecule has 94 valence electrons. The first-order chi connectivity index (χ1) is 7.90. The van der Waals surface area contributed by atoms with Crippen LogP contribution in [-0.2, 0) is 16.3 Å². The molecule has 1 heterocycles. The van der Waals surface area contributed by atoms with Crippen LogP contribution in [0.25, 0.3) is 0 Å². The van der Waals surface area contributed by atoms with E-state index < -0.39 is 15.9 Å². The van der Waals surface area contributed by atoms with Crippen molar-refractivity contribution in [2.45, 2.75) is 23.8 Å². The lowest BCUT2D eigenvalue weighted by Gasteiger charge is -2.15. The van der Waals surface area contributed by atoms with Crippen molar-refractivity contribution in [1.29, 1.82) is 0 Å². The number of nitrogens with zero attached hydrogens (tertiary/aromatic N) is 1. The van der Waals surface area contributed by atoms with E-state index in [1.165, 1.54) is 0 Å². The molecule has 0 saturated carbocycles. The molecular formula is C12H17NO3S. The lowest BCUT2D eigenvalue weighted by Crippen LogP contribution is -2.11. The van der Waals surface area contributed by atoms with E-state index in [0.29, 0.717) is 17.7 Å². The highest BCUT2D eigenvalue weighted by Crippen LogP contribution is 2.27. The smallest absolute Gasteiger partial charge is 0.178 e. The van der Waals surface area contributed by atoms with E-state index in [1.54, 1.807) is 12.1 Å². The van der Waals surface area contributed by atoms with Crippen LogP contribution in [0.2, 0.25) is 0 Å². The summed E-state index contributed by atoms with van der Waals surface area (Å²) in [4.78, 5) is 2.30. The molecule has 0 saturated heterocycles. The van der Waals surface area contributed by atoms with Gasteiger partial charge >= 0.3 is 0 Å². The summed E-state index contributed by atoms with van der Waals surface area (Å²) < 4.78 is 24.0. The molecular weight excluding hydrogens is 238 g/mol. The Morgan fingerprint density at radius 2 is 2.06 bits per heavy atom. The monoisotopic (exact) mass is 255 g/mol. The molecule has 1 aromatic rings. The molecule has 0 fully saturated rings. The molecule has 0 aromatic heterocycles. The summed E-state index contributed by atoms with van der Waals surface area (Å²) in [5.41, 5.74) is 1.68. The highest BCUT2D eigenvalue weighted by Gasteiger charge is 2.25. The zero-order valence-corrected chi connectivity index (χ0v) is 10.9. The van der Waals surface area contributed by atoms with Gasteiger partial charge in [-0.1, -0.05) is 0 Å². The Bertz CT molecular complexity index is 523. The molecule has 0 aliphatic carbocycles. The summed E-state index contributed by atoms with van der Waals surface area (Å²) in [6.45, 7) is 0. The Hall–Kier alpha value is -1.07. The van der Waals surface area contributed by atoms with E-state index in [9.17, 15) is 13.5 Å². The molecule has 1 N–H and O–H groups in total. The van der Waals surface area contributed by atoms with Gasteiger partial charge in [-0.05, 0) is 36.6 Å². The van der Waals surface area contributed by atoms with E-state index in [4.69, 9.17) is 0 Å². The highest BCUT2D eigenvalue weighted by molar-refractivity contribution is 7.91. The van der Waals surface area contributed by atoms with Crippen molar-refractivity contribution < 1.29 is 13.5 Å². The zero-order chi connectivity index (χ0) is 12.6. The second-order valence-electron chi connectivity index (χ2n) is 4.65. The average molecular weight is 255 g/mol. The van der Waals surface area contributed by atoms with Crippen molar-refractivity contribution in [2.24, 2.45) is 0 Å². The lowest BCUT2D eigenvalue weighted by atomic mass is 10.1. The molecule has 1 aromatic carbocycles. The van der Waals surface area contributed by atoms with Crippen molar-refractivity contribution >= 4 is 15.5 Å². The van der Waals surface area contributed by atoms with Crippen LogP contribution >= 0.6 is 0 Å². The van der Waals surface area contributed by atoms with E-state index in [-0.39, 0.29) is 5.75 Å². The maximum atomic E-state index is 12.0. The molecule has 0 spiro atoms. The predicted octanol–water partition coefficient (Wildman–Crippen LogP) is 0.833. The van der Waals surface area contributed by atoms with E-state index in [1.807, 2.05) is 25.1 Å². The standard InChI is InChI=1S/C12H17NO3S/c1-13(2)10-3-4-12-9(7-10)8-11(14)5-6-17(12,15)16/h3-4,7,11,14H,5-6,8H2,1-2H3. The fourth-order valence-electron chi connectivity index (χ4n) is 2.06. The summed E-state index contributed by atoms with van der Waals surface area (Å²) in [6, 6.07) is 5.30. The van der Waals surface area contributed by atoms with Crippen molar-refractivity contribution in [2.75, 3.05) is 24.7 Å².